The molecule has 3 aromatic rings. The SMILES string of the molecule is Cc1csc(Sc2ccc(NC(=O)c3ccc(CN4C(=O)CCC4=O)cc3)c(C)c2)n1. The zero-order valence-electron chi connectivity index (χ0n) is 17.2. The average molecular weight is 452 g/mol. The molecule has 0 aliphatic carbocycles. The van der Waals surface area contributed by atoms with E-state index in [1.807, 2.05) is 37.4 Å². The number of nitrogens with one attached hydrogen (secondary N) is 1. The van der Waals surface area contributed by atoms with Gasteiger partial charge < -0.3 is 5.32 Å². The highest BCUT2D eigenvalue weighted by Crippen LogP contribution is 2.32. The molecule has 6 nitrogen and oxygen atoms in total. The second-order valence-electron chi connectivity index (χ2n) is 7.36. The van der Waals surface area contributed by atoms with Crippen LogP contribution in [0, 0.1) is 13.8 Å². The summed E-state index contributed by atoms with van der Waals surface area (Å²) in [5.74, 6) is -0.498. The van der Waals surface area contributed by atoms with E-state index in [9.17, 15) is 14.4 Å². The summed E-state index contributed by atoms with van der Waals surface area (Å²) in [5, 5.41) is 4.97. The second kappa shape index (κ2) is 9.03. The lowest BCUT2D eigenvalue weighted by Gasteiger charge is -2.14. The molecule has 0 bridgehead atoms. The number of carbonyl (C=O) groups is 3. The molecule has 8 heteroatoms. The van der Waals surface area contributed by atoms with Crippen molar-refractivity contribution in [2.24, 2.45) is 0 Å². The van der Waals surface area contributed by atoms with Gasteiger partial charge in [-0.2, -0.15) is 0 Å². The number of thiazole rings is 1. The number of benzene rings is 2. The summed E-state index contributed by atoms with van der Waals surface area (Å²) in [6.07, 6.45) is 0.554. The van der Waals surface area contributed by atoms with Gasteiger partial charge in [0.2, 0.25) is 11.8 Å². The Kier molecular flexibility index (Phi) is 6.20. The lowest BCUT2D eigenvalue weighted by atomic mass is 10.1. The van der Waals surface area contributed by atoms with E-state index in [2.05, 4.69) is 10.3 Å². The van der Waals surface area contributed by atoms with Gasteiger partial charge in [0, 0.05) is 40.1 Å². The molecule has 0 saturated carbocycles. The maximum Gasteiger partial charge on any atom is 0.255 e. The molecule has 2 aromatic carbocycles. The van der Waals surface area contributed by atoms with E-state index in [1.54, 1.807) is 47.4 Å². The van der Waals surface area contributed by atoms with Crippen molar-refractivity contribution >= 4 is 46.5 Å². The van der Waals surface area contributed by atoms with Crippen LogP contribution in [0.25, 0.3) is 0 Å². The van der Waals surface area contributed by atoms with E-state index < -0.39 is 0 Å². The largest absolute Gasteiger partial charge is 0.322 e. The molecule has 31 heavy (non-hydrogen) atoms. The van der Waals surface area contributed by atoms with Crippen LogP contribution >= 0.6 is 23.1 Å². The van der Waals surface area contributed by atoms with Crippen LogP contribution in [0.4, 0.5) is 5.69 Å². The molecule has 0 spiro atoms. The topological polar surface area (TPSA) is 79.4 Å². The number of rotatable bonds is 6. The number of anilines is 1. The van der Waals surface area contributed by atoms with Crippen LogP contribution in [0.5, 0.6) is 0 Å². The Hall–Kier alpha value is -2.97. The van der Waals surface area contributed by atoms with Crippen LogP contribution in [0.15, 0.2) is 57.1 Å². The average Bonchev–Trinajstić information content (AvgIpc) is 3.30. The van der Waals surface area contributed by atoms with Crippen molar-refractivity contribution in [3.8, 4) is 0 Å². The fourth-order valence-electron chi connectivity index (χ4n) is 3.26. The van der Waals surface area contributed by atoms with Crippen molar-refractivity contribution in [3.63, 3.8) is 0 Å². The lowest BCUT2D eigenvalue weighted by molar-refractivity contribution is -0.139. The van der Waals surface area contributed by atoms with E-state index in [0.717, 1.165) is 31.7 Å². The second-order valence-corrected chi connectivity index (χ2v) is 9.54. The zero-order valence-corrected chi connectivity index (χ0v) is 18.8. The molecule has 1 saturated heterocycles. The van der Waals surface area contributed by atoms with Gasteiger partial charge >= 0.3 is 0 Å². The van der Waals surface area contributed by atoms with Gasteiger partial charge in [-0.1, -0.05) is 23.9 Å². The summed E-state index contributed by atoms with van der Waals surface area (Å²) >= 11 is 3.22. The van der Waals surface area contributed by atoms with E-state index in [4.69, 9.17) is 0 Å². The molecule has 1 aliphatic heterocycles. The van der Waals surface area contributed by atoms with Gasteiger partial charge in [-0.25, -0.2) is 4.98 Å². The monoisotopic (exact) mass is 451 g/mol. The van der Waals surface area contributed by atoms with Gasteiger partial charge in [-0.05, 0) is 55.3 Å². The number of aromatic nitrogens is 1. The molecule has 1 fully saturated rings. The number of carbonyl (C=O) groups excluding carboxylic acids is 3. The Morgan fingerprint density at radius 2 is 1.81 bits per heavy atom. The van der Waals surface area contributed by atoms with Crippen LogP contribution < -0.4 is 5.32 Å². The first-order valence-corrected chi connectivity index (χ1v) is 11.5. The predicted octanol–water partition coefficient (Wildman–Crippen LogP) is 4.81. The molecule has 1 aromatic heterocycles. The lowest BCUT2D eigenvalue weighted by Crippen LogP contribution is -2.28. The minimum absolute atomic E-state index is 0.145. The van der Waals surface area contributed by atoms with E-state index in [-0.39, 0.29) is 37.1 Å². The number of imide groups is 1. The van der Waals surface area contributed by atoms with Crippen molar-refractivity contribution in [1.29, 1.82) is 0 Å². The Labute approximate surface area is 188 Å². The van der Waals surface area contributed by atoms with Gasteiger partial charge in [0.15, 0.2) is 4.34 Å². The van der Waals surface area contributed by atoms with Crippen LogP contribution in [0.2, 0.25) is 0 Å². The highest BCUT2D eigenvalue weighted by molar-refractivity contribution is 8.01. The van der Waals surface area contributed by atoms with Gasteiger partial charge in [-0.3, -0.25) is 19.3 Å². The minimum atomic E-state index is -0.209. The molecule has 0 atom stereocenters. The van der Waals surface area contributed by atoms with E-state index in [0.29, 0.717) is 5.56 Å². The Morgan fingerprint density at radius 1 is 1.10 bits per heavy atom. The number of nitrogens with zero attached hydrogens (tertiary/aromatic N) is 2. The molecular formula is C23H21N3O3S2. The predicted molar refractivity (Wildman–Crippen MR) is 121 cm³/mol. The van der Waals surface area contributed by atoms with Crippen molar-refractivity contribution < 1.29 is 14.4 Å². The van der Waals surface area contributed by atoms with Crippen molar-refractivity contribution in [2.45, 2.75) is 42.5 Å². The molecule has 1 aliphatic rings. The van der Waals surface area contributed by atoms with Crippen molar-refractivity contribution in [2.75, 3.05) is 5.32 Å². The highest BCUT2D eigenvalue weighted by atomic mass is 32.2. The molecule has 1 N–H and O–H groups in total. The third-order valence-corrected chi connectivity index (χ3v) is 7.01. The summed E-state index contributed by atoms with van der Waals surface area (Å²) in [4.78, 5) is 43.0. The Morgan fingerprint density at radius 3 is 2.42 bits per heavy atom. The van der Waals surface area contributed by atoms with E-state index in [1.165, 1.54) is 4.90 Å². The quantitative estimate of drug-likeness (QED) is 0.544. The van der Waals surface area contributed by atoms with Gasteiger partial charge in [0.05, 0.1) is 6.54 Å². The highest BCUT2D eigenvalue weighted by Gasteiger charge is 2.28. The van der Waals surface area contributed by atoms with Crippen LogP contribution in [0.3, 0.4) is 0 Å². The summed E-state index contributed by atoms with van der Waals surface area (Å²) in [6.45, 7) is 4.18. The third-order valence-electron chi connectivity index (χ3n) is 4.96. The standard InChI is InChI=1S/C23H21N3O3S2/c1-14-11-18(31-23-24-15(2)13-30-23)7-8-19(14)25-22(29)17-5-3-16(4-6-17)12-26-20(27)9-10-21(26)28/h3-8,11,13H,9-10,12H2,1-2H3,(H,25,29). The maximum atomic E-state index is 12.7. The molecule has 0 radical (unpaired) electrons. The first-order chi connectivity index (χ1) is 14.9. The van der Waals surface area contributed by atoms with Crippen LogP contribution in [-0.2, 0) is 16.1 Å². The van der Waals surface area contributed by atoms with Gasteiger partial charge in [0.1, 0.15) is 0 Å². The normalized spacial score (nSPS) is 13.7. The third kappa shape index (κ3) is 5.03. The van der Waals surface area contributed by atoms with Crippen molar-refractivity contribution in [3.05, 3.63) is 70.2 Å². The number of hydrogen-bond acceptors (Lipinski definition) is 6. The van der Waals surface area contributed by atoms with Gasteiger partial charge in [-0.15, -0.1) is 11.3 Å². The van der Waals surface area contributed by atoms with Crippen LogP contribution in [0.1, 0.15) is 40.0 Å². The first-order valence-electron chi connectivity index (χ1n) is 9.83. The number of hydrogen-bond donors (Lipinski definition) is 1. The van der Waals surface area contributed by atoms with Crippen molar-refractivity contribution in [1.82, 2.24) is 9.88 Å². The summed E-state index contributed by atoms with van der Waals surface area (Å²) in [7, 11) is 0. The fourth-order valence-corrected chi connectivity index (χ4v) is 5.17. The van der Waals surface area contributed by atoms with E-state index >= 15 is 0 Å². The molecule has 0 unspecified atom stereocenters. The fraction of sp³-hybridized carbons (Fsp3) is 0.217. The summed E-state index contributed by atoms with van der Waals surface area (Å²) < 4.78 is 0.992. The number of amides is 3. The van der Waals surface area contributed by atoms with Crippen LogP contribution in [-0.4, -0.2) is 27.6 Å². The molecule has 3 amide bonds. The Bertz CT molecular complexity index is 1140. The zero-order chi connectivity index (χ0) is 22.0. The molecular weight excluding hydrogens is 430 g/mol. The minimum Gasteiger partial charge on any atom is -0.322 e. The Balaban J connectivity index is 1.39. The summed E-state index contributed by atoms with van der Waals surface area (Å²) in [5.41, 5.74) is 4.06. The summed E-state index contributed by atoms with van der Waals surface area (Å²) in [6, 6.07) is 12.9. The molecule has 4 rings (SSSR count). The number of aryl methyl sites for hydroxylation is 2. The number of likely N-dealkylation sites (tertiary alicyclic amines) is 1. The molecule has 158 valence electrons. The maximum absolute atomic E-state index is 12.7. The smallest absolute Gasteiger partial charge is 0.255 e. The first kappa shape index (κ1) is 21.3. The molecule has 2 heterocycles. The van der Waals surface area contributed by atoms with Gasteiger partial charge in [0.25, 0.3) is 5.91 Å².